The van der Waals surface area contributed by atoms with Crippen LogP contribution in [-0.4, -0.2) is 28.4 Å². The minimum atomic E-state index is -0.990. The average Bonchev–Trinajstić information content (AvgIpc) is 2.67. The van der Waals surface area contributed by atoms with Gasteiger partial charge >= 0.3 is 5.97 Å². The molecular formula is C12H11ClFNO3. The fourth-order valence-corrected chi connectivity index (χ4v) is 2.15. The Balaban J connectivity index is 2.13. The van der Waals surface area contributed by atoms with Gasteiger partial charge in [-0.1, -0.05) is 23.7 Å². The minimum absolute atomic E-state index is 0.0116. The second-order valence-corrected chi connectivity index (χ2v) is 4.60. The number of nitrogens with zero attached hydrogens (tertiary/aromatic N) is 1. The molecule has 18 heavy (non-hydrogen) atoms. The predicted molar refractivity (Wildman–Crippen MR) is 62.6 cm³/mol. The normalized spacial score (nSPS) is 19.3. The van der Waals surface area contributed by atoms with Gasteiger partial charge in [0.25, 0.3) is 0 Å². The monoisotopic (exact) mass is 271 g/mol. The largest absolute Gasteiger partial charge is 0.481 e. The van der Waals surface area contributed by atoms with Crippen molar-refractivity contribution in [1.29, 1.82) is 0 Å². The third-order valence-electron chi connectivity index (χ3n) is 2.96. The van der Waals surface area contributed by atoms with Crippen LogP contribution in [0, 0.1) is 11.7 Å². The summed E-state index contributed by atoms with van der Waals surface area (Å²) in [6, 6.07) is 4.36. The summed E-state index contributed by atoms with van der Waals surface area (Å²) in [7, 11) is 0. The summed E-state index contributed by atoms with van der Waals surface area (Å²) in [6.45, 7) is 0.278. The summed E-state index contributed by atoms with van der Waals surface area (Å²) in [4.78, 5) is 23.8. The Morgan fingerprint density at radius 2 is 2.28 bits per heavy atom. The number of likely N-dealkylation sites (tertiary alicyclic amines) is 1. The first-order valence-corrected chi connectivity index (χ1v) is 5.80. The molecule has 0 spiro atoms. The lowest BCUT2D eigenvalue weighted by Gasteiger charge is -2.17. The summed E-state index contributed by atoms with van der Waals surface area (Å²) in [5.74, 6) is -2.47. The summed E-state index contributed by atoms with van der Waals surface area (Å²) in [5, 5.41) is 8.82. The molecule has 0 aliphatic carbocycles. The molecule has 0 bridgehead atoms. The number of hydrogen-bond acceptors (Lipinski definition) is 2. The molecule has 1 atom stereocenters. The topological polar surface area (TPSA) is 57.6 Å². The molecule has 1 aromatic rings. The SMILES string of the molecule is O=C(O)C1CC(=O)N(Cc2cccc(F)c2Cl)C1. The van der Waals surface area contributed by atoms with E-state index in [4.69, 9.17) is 16.7 Å². The third-order valence-corrected chi connectivity index (χ3v) is 3.38. The highest BCUT2D eigenvalue weighted by atomic mass is 35.5. The molecule has 6 heteroatoms. The van der Waals surface area contributed by atoms with Crippen LogP contribution in [0.15, 0.2) is 18.2 Å². The van der Waals surface area contributed by atoms with Gasteiger partial charge in [-0.25, -0.2) is 4.39 Å². The van der Waals surface area contributed by atoms with Gasteiger partial charge in [0, 0.05) is 19.5 Å². The van der Waals surface area contributed by atoms with E-state index in [2.05, 4.69) is 0 Å². The first kappa shape index (κ1) is 12.8. The van der Waals surface area contributed by atoms with Crippen molar-refractivity contribution in [1.82, 2.24) is 4.90 Å². The second kappa shape index (κ2) is 4.94. The number of carboxylic acids is 1. The molecule has 1 unspecified atom stereocenters. The maximum absolute atomic E-state index is 13.2. The molecule has 1 heterocycles. The van der Waals surface area contributed by atoms with Crippen LogP contribution in [0.25, 0.3) is 0 Å². The fourth-order valence-electron chi connectivity index (χ4n) is 1.97. The number of carbonyl (C=O) groups excluding carboxylic acids is 1. The number of carbonyl (C=O) groups is 2. The van der Waals surface area contributed by atoms with Crippen LogP contribution < -0.4 is 0 Å². The van der Waals surface area contributed by atoms with E-state index in [-0.39, 0.29) is 30.4 Å². The molecule has 96 valence electrons. The average molecular weight is 272 g/mol. The van der Waals surface area contributed by atoms with Crippen molar-refractivity contribution in [3.05, 3.63) is 34.6 Å². The third kappa shape index (κ3) is 2.46. The highest BCUT2D eigenvalue weighted by Crippen LogP contribution is 2.25. The summed E-state index contributed by atoms with van der Waals surface area (Å²) in [5.41, 5.74) is 0.482. The molecular weight excluding hydrogens is 261 g/mol. The van der Waals surface area contributed by atoms with Gasteiger partial charge < -0.3 is 10.0 Å². The highest BCUT2D eigenvalue weighted by molar-refractivity contribution is 6.31. The number of aliphatic carboxylic acids is 1. The molecule has 1 aromatic carbocycles. The van der Waals surface area contributed by atoms with E-state index in [1.54, 1.807) is 6.07 Å². The summed E-state index contributed by atoms with van der Waals surface area (Å²) in [6.07, 6.45) is -0.0116. The Morgan fingerprint density at radius 3 is 2.89 bits per heavy atom. The quantitative estimate of drug-likeness (QED) is 0.914. The van der Waals surface area contributed by atoms with Crippen molar-refractivity contribution in [2.45, 2.75) is 13.0 Å². The molecule has 1 amide bonds. The van der Waals surface area contributed by atoms with Gasteiger partial charge in [-0.05, 0) is 11.6 Å². The standard InChI is InChI=1S/C12H11ClFNO3/c13-11-7(2-1-3-9(11)14)5-15-6-8(12(17)18)4-10(15)16/h1-3,8H,4-6H2,(H,17,18). The van der Waals surface area contributed by atoms with E-state index in [9.17, 15) is 14.0 Å². The number of hydrogen-bond donors (Lipinski definition) is 1. The Kier molecular flexibility index (Phi) is 3.52. The molecule has 1 aliphatic heterocycles. The zero-order valence-corrected chi connectivity index (χ0v) is 10.2. The smallest absolute Gasteiger partial charge is 0.308 e. The molecule has 1 saturated heterocycles. The zero-order chi connectivity index (χ0) is 13.3. The molecule has 0 radical (unpaired) electrons. The molecule has 1 fully saturated rings. The molecule has 0 saturated carbocycles. The number of benzene rings is 1. The van der Waals surface area contributed by atoms with Crippen LogP contribution in [0.1, 0.15) is 12.0 Å². The van der Waals surface area contributed by atoms with Crippen molar-refractivity contribution < 1.29 is 19.1 Å². The number of rotatable bonds is 3. The van der Waals surface area contributed by atoms with Crippen LogP contribution in [-0.2, 0) is 16.1 Å². The van der Waals surface area contributed by atoms with Crippen molar-refractivity contribution >= 4 is 23.5 Å². The molecule has 0 aromatic heterocycles. The second-order valence-electron chi connectivity index (χ2n) is 4.23. The minimum Gasteiger partial charge on any atom is -0.481 e. The maximum Gasteiger partial charge on any atom is 0.308 e. The highest BCUT2D eigenvalue weighted by Gasteiger charge is 2.34. The van der Waals surface area contributed by atoms with Crippen LogP contribution in [0.2, 0.25) is 5.02 Å². The Morgan fingerprint density at radius 1 is 1.56 bits per heavy atom. The van der Waals surface area contributed by atoms with Crippen molar-refractivity contribution in [3.63, 3.8) is 0 Å². The van der Waals surface area contributed by atoms with Gasteiger partial charge in [-0.2, -0.15) is 0 Å². The molecule has 1 aliphatic rings. The van der Waals surface area contributed by atoms with E-state index >= 15 is 0 Å². The van der Waals surface area contributed by atoms with Gasteiger partial charge in [0.1, 0.15) is 5.82 Å². The van der Waals surface area contributed by atoms with Gasteiger partial charge in [0.15, 0.2) is 0 Å². The van der Waals surface area contributed by atoms with Gasteiger partial charge in [0.05, 0.1) is 10.9 Å². The Labute approximate surface area is 108 Å². The molecule has 2 rings (SSSR count). The molecule has 1 N–H and O–H groups in total. The van der Waals surface area contributed by atoms with Crippen molar-refractivity contribution in [2.75, 3.05) is 6.54 Å². The number of halogens is 2. The first-order chi connectivity index (χ1) is 8.49. The van der Waals surface area contributed by atoms with Crippen LogP contribution in [0.3, 0.4) is 0 Å². The maximum atomic E-state index is 13.2. The fraction of sp³-hybridized carbons (Fsp3) is 0.333. The Hall–Kier alpha value is -1.62. The van der Waals surface area contributed by atoms with Crippen molar-refractivity contribution in [2.24, 2.45) is 5.92 Å². The summed E-state index contributed by atoms with van der Waals surface area (Å²) >= 11 is 5.79. The van der Waals surface area contributed by atoms with Gasteiger partial charge in [-0.15, -0.1) is 0 Å². The lowest BCUT2D eigenvalue weighted by Crippen LogP contribution is -2.26. The Bertz CT molecular complexity index is 506. The van der Waals surface area contributed by atoms with E-state index < -0.39 is 17.7 Å². The zero-order valence-electron chi connectivity index (χ0n) is 9.40. The van der Waals surface area contributed by atoms with Gasteiger partial charge in [-0.3, -0.25) is 9.59 Å². The van der Waals surface area contributed by atoms with E-state index in [1.165, 1.54) is 17.0 Å². The van der Waals surface area contributed by atoms with E-state index in [0.717, 1.165) is 0 Å². The first-order valence-electron chi connectivity index (χ1n) is 5.42. The number of amides is 1. The number of carboxylic acid groups (broad SMARTS) is 1. The van der Waals surface area contributed by atoms with Crippen molar-refractivity contribution in [3.8, 4) is 0 Å². The lowest BCUT2D eigenvalue weighted by atomic mass is 10.1. The molecule has 4 nitrogen and oxygen atoms in total. The lowest BCUT2D eigenvalue weighted by molar-refractivity contribution is -0.141. The van der Waals surface area contributed by atoms with Crippen LogP contribution >= 0.6 is 11.6 Å². The van der Waals surface area contributed by atoms with Gasteiger partial charge in [0.2, 0.25) is 5.91 Å². The van der Waals surface area contributed by atoms with Crippen LogP contribution in [0.4, 0.5) is 4.39 Å². The van der Waals surface area contributed by atoms with E-state index in [0.29, 0.717) is 5.56 Å². The summed E-state index contributed by atoms with van der Waals surface area (Å²) < 4.78 is 13.2. The van der Waals surface area contributed by atoms with E-state index in [1.807, 2.05) is 0 Å². The predicted octanol–water partition coefficient (Wildman–Crippen LogP) is 1.91. The van der Waals surface area contributed by atoms with Crippen LogP contribution in [0.5, 0.6) is 0 Å².